The minimum absolute atomic E-state index is 0.0555. The van der Waals surface area contributed by atoms with Gasteiger partial charge in [0, 0.05) is 31.4 Å². The van der Waals surface area contributed by atoms with Gasteiger partial charge in [-0.2, -0.15) is 0 Å². The molecule has 1 aliphatic heterocycles. The highest BCUT2D eigenvalue weighted by molar-refractivity contribution is 7.15. The average molecular weight is 357 g/mol. The number of nitrogens with one attached hydrogen (secondary N) is 2. The molecule has 2 amide bonds. The highest BCUT2D eigenvalue weighted by Crippen LogP contribution is 2.26. The predicted octanol–water partition coefficient (Wildman–Crippen LogP) is 1.62. The van der Waals surface area contributed by atoms with Crippen LogP contribution >= 0.6 is 11.3 Å². The maximum absolute atomic E-state index is 11.6. The summed E-state index contributed by atoms with van der Waals surface area (Å²) in [5, 5.41) is 6.24. The van der Waals surface area contributed by atoms with E-state index in [0.717, 1.165) is 30.0 Å². The molecule has 7 heteroatoms. The van der Waals surface area contributed by atoms with Gasteiger partial charge in [-0.3, -0.25) is 14.5 Å². The van der Waals surface area contributed by atoms with E-state index in [0.29, 0.717) is 24.8 Å². The maximum Gasteiger partial charge on any atom is 0.234 e. The smallest absolute Gasteiger partial charge is 0.234 e. The molecule has 2 aromatic rings. The Morgan fingerprint density at radius 1 is 1.40 bits per heavy atom. The fourth-order valence-corrected chi connectivity index (χ4v) is 3.88. The van der Waals surface area contributed by atoms with E-state index in [2.05, 4.69) is 38.7 Å². The Balaban J connectivity index is 1.73. The van der Waals surface area contributed by atoms with Crippen molar-refractivity contribution in [3.63, 3.8) is 0 Å². The number of carbonyl (C=O) groups excluding carboxylic acids is 2. The zero-order chi connectivity index (χ0) is 17.6. The van der Waals surface area contributed by atoms with E-state index in [1.807, 2.05) is 12.1 Å². The van der Waals surface area contributed by atoms with E-state index in [1.54, 1.807) is 0 Å². The van der Waals surface area contributed by atoms with E-state index in [4.69, 9.17) is 0 Å². The molecule has 0 atom stereocenters. The largest absolute Gasteiger partial charge is 0.354 e. The molecule has 0 bridgehead atoms. The van der Waals surface area contributed by atoms with Crippen LogP contribution in [0.3, 0.4) is 0 Å². The van der Waals surface area contributed by atoms with Crippen molar-refractivity contribution in [1.29, 1.82) is 0 Å². The Labute approximate surface area is 151 Å². The van der Waals surface area contributed by atoms with Gasteiger partial charge in [0.2, 0.25) is 11.8 Å². The van der Waals surface area contributed by atoms with Gasteiger partial charge in [0.05, 0.1) is 12.2 Å². The highest BCUT2D eigenvalue weighted by atomic mass is 32.1. The van der Waals surface area contributed by atoms with Crippen LogP contribution in [0.2, 0.25) is 0 Å². The number of anilines is 1. The molecule has 2 N–H and O–H groups in total. The van der Waals surface area contributed by atoms with Gasteiger partial charge in [-0.15, -0.1) is 11.3 Å². The molecule has 25 heavy (non-hydrogen) atoms. The minimum atomic E-state index is -0.122. The molecular weight excluding hydrogens is 336 g/mol. The second kappa shape index (κ2) is 8.22. The van der Waals surface area contributed by atoms with Crippen LogP contribution in [0.15, 0.2) is 24.3 Å². The van der Waals surface area contributed by atoms with Crippen molar-refractivity contribution in [3.05, 3.63) is 46.5 Å². The van der Waals surface area contributed by atoms with E-state index in [9.17, 15) is 9.59 Å². The van der Waals surface area contributed by atoms with E-state index < -0.39 is 0 Å². The fourth-order valence-electron chi connectivity index (χ4n) is 2.79. The lowest BCUT2D eigenvalue weighted by atomic mass is 10.1. The number of aryl methyl sites for hydroxylation is 2. The van der Waals surface area contributed by atoms with Gasteiger partial charge >= 0.3 is 0 Å². The summed E-state index contributed by atoms with van der Waals surface area (Å²) in [4.78, 5) is 30.7. The SMILES string of the molecule is CC(=O)Nc1nc(CCc2cc[c]cc2)c(CN2CCNC(=O)C2)s1. The van der Waals surface area contributed by atoms with Gasteiger partial charge < -0.3 is 10.6 Å². The Hall–Kier alpha value is -2.25. The van der Waals surface area contributed by atoms with Crippen LogP contribution < -0.4 is 10.6 Å². The van der Waals surface area contributed by atoms with Crippen LogP contribution in [0.25, 0.3) is 0 Å². The first-order valence-electron chi connectivity index (χ1n) is 8.30. The third-order valence-electron chi connectivity index (χ3n) is 3.98. The van der Waals surface area contributed by atoms with Crippen molar-refractivity contribution < 1.29 is 9.59 Å². The molecule has 1 radical (unpaired) electrons. The lowest BCUT2D eigenvalue weighted by Gasteiger charge is -2.26. The molecule has 0 spiro atoms. The monoisotopic (exact) mass is 357 g/mol. The fraction of sp³-hybridized carbons (Fsp3) is 0.389. The van der Waals surface area contributed by atoms with Crippen LogP contribution in [0.5, 0.6) is 0 Å². The number of rotatable bonds is 6. The number of hydrogen-bond acceptors (Lipinski definition) is 5. The van der Waals surface area contributed by atoms with E-state index in [1.165, 1.54) is 23.8 Å². The summed E-state index contributed by atoms with van der Waals surface area (Å²) in [5.74, 6) is -0.0669. The third-order valence-corrected chi connectivity index (χ3v) is 4.98. The molecule has 1 saturated heterocycles. The normalized spacial score (nSPS) is 15.0. The quantitative estimate of drug-likeness (QED) is 0.824. The molecule has 1 aromatic heterocycles. The zero-order valence-electron chi connectivity index (χ0n) is 14.2. The van der Waals surface area contributed by atoms with Crippen molar-refractivity contribution in [2.75, 3.05) is 25.0 Å². The maximum atomic E-state index is 11.6. The predicted molar refractivity (Wildman–Crippen MR) is 97.4 cm³/mol. The number of thiazole rings is 1. The molecular formula is C18H21N4O2S. The summed E-state index contributed by atoms with van der Waals surface area (Å²) in [5.41, 5.74) is 2.23. The van der Waals surface area contributed by atoms with Crippen LogP contribution in [-0.2, 0) is 29.0 Å². The molecule has 0 unspecified atom stereocenters. The summed E-state index contributed by atoms with van der Waals surface area (Å²) >= 11 is 1.50. The first-order valence-corrected chi connectivity index (χ1v) is 9.12. The molecule has 6 nitrogen and oxygen atoms in total. The van der Waals surface area contributed by atoms with Crippen molar-refractivity contribution in [1.82, 2.24) is 15.2 Å². The van der Waals surface area contributed by atoms with Crippen LogP contribution in [-0.4, -0.2) is 41.3 Å². The number of benzene rings is 1. The van der Waals surface area contributed by atoms with Gasteiger partial charge in [0.25, 0.3) is 0 Å². The van der Waals surface area contributed by atoms with Gasteiger partial charge in [-0.1, -0.05) is 24.3 Å². The van der Waals surface area contributed by atoms with Gasteiger partial charge in [0.1, 0.15) is 0 Å². The van der Waals surface area contributed by atoms with Gasteiger partial charge in [-0.25, -0.2) is 4.98 Å². The van der Waals surface area contributed by atoms with E-state index in [-0.39, 0.29) is 11.8 Å². The lowest BCUT2D eigenvalue weighted by molar-refractivity contribution is -0.124. The molecule has 1 aliphatic rings. The molecule has 0 saturated carbocycles. The van der Waals surface area contributed by atoms with Crippen LogP contribution in [0.4, 0.5) is 5.13 Å². The topological polar surface area (TPSA) is 74.3 Å². The highest BCUT2D eigenvalue weighted by Gasteiger charge is 2.20. The molecule has 131 valence electrons. The van der Waals surface area contributed by atoms with Crippen molar-refractivity contribution in [3.8, 4) is 0 Å². The number of aromatic nitrogens is 1. The van der Waals surface area contributed by atoms with Crippen molar-refractivity contribution >= 4 is 28.3 Å². The van der Waals surface area contributed by atoms with Crippen LogP contribution in [0, 0.1) is 6.07 Å². The molecule has 3 rings (SSSR count). The number of carbonyl (C=O) groups is 2. The number of hydrogen-bond donors (Lipinski definition) is 2. The number of nitrogens with zero attached hydrogens (tertiary/aromatic N) is 2. The first kappa shape index (κ1) is 17.6. The van der Waals surface area contributed by atoms with Gasteiger partial charge in [0.15, 0.2) is 5.13 Å². The lowest BCUT2D eigenvalue weighted by Crippen LogP contribution is -2.47. The average Bonchev–Trinajstić information content (AvgIpc) is 2.94. The molecule has 1 fully saturated rings. The Kier molecular flexibility index (Phi) is 5.78. The second-order valence-corrected chi connectivity index (χ2v) is 7.12. The standard InChI is InChI=1S/C18H21N4O2S/c1-13(23)20-18-21-15(8-7-14-5-3-2-4-6-14)16(25-18)11-22-10-9-19-17(24)12-22/h3-6H,7-12H2,1H3,(H,19,24)(H,20,21,23). The summed E-state index contributed by atoms with van der Waals surface area (Å²) in [6.07, 6.45) is 1.68. The zero-order valence-corrected chi connectivity index (χ0v) is 15.0. The van der Waals surface area contributed by atoms with Gasteiger partial charge in [-0.05, 0) is 24.5 Å². The number of piperazine rings is 1. The summed E-state index contributed by atoms with van der Waals surface area (Å²) in [6, 6.07) is 10.9. The summed E-state index contributed by atoms with van der Waals surface area (Å²) in [7, 11) is 0. The van der Waals surface area contributed by atoms with Crippen molar-refractivity contribution in [2.45, 2.75) is 26.3 Å². The Bertz CT molecular complexity index is 745. The summed E-state index contributed by atoms with van der Waals surface area (Å²) < 4.78 is 0. The number of amides is 2. The minimum Gasteiger partial charge on any atom is -0.354 e. The Morgan fingerprint density at radius 2 is 2.20 bits per heavy atom. The van der Waals surface area contributed by atoms with Crippen LogP contribution in [0.1, 0.15) is 23.1 Å². The second-order valence-electron chi connectivity index (χ2n) is 6.04. The molecule has 1 aromatic carbocycles. The van der Waals surface area contributed by atoms with Crippen molar-refractivity contribution in [2.24, 2.45) is 0 Å². The molecule has 0 aliphatic carbocycles. The summed E-state index contributed by atoms with van der Waals surface area (Å²) in [6.45, 7) is 4.07. The van der Waals surface area contributed by atoms with E-state index >= 15 is 0 Å². The Morgan fingerprint density at radius 3 is 2.92 bits per heavy atom. The molecule has 2 heterocycles. The third kappa shape index (κ3) is 5.11. The first-order chi connectivity index (χ1) is 12.1.